The zero-order valence-corrected chi connectivity index (χ0v) is 13.6. The van der Waals surface area contributed by atoms with Crippen molar-refractivity contribution < 1.29 is 8.42 Å². The van der Waals surface area contributed by atoms with Gasteiger partial charge in [-0.1, -0.05) is 48.5 Å². The fourth-order valence-corrected chi connectivity index (χ4v) is 4.10. The van der Waals surface area contributed by atoms with Gasteiger partial charge >= 0.3 is 0 Å². The molecule has 1 aromatic heterocycles. The molecule has 1 heterocycles. The minimum atomic E-state index is -3.50. The van der Waals surface area contributed by atoms with Crippen molar-refractivity contribution in [3.63, 3.8) is 0 Å². The second-order valence-electron chi connectivity index (χ2n) is 5.61. The van der Waals surface area contributed by atoms with Crippen molar-refractivity contribution in [2.45, 2.75) is 9.79 Å². The van der Waals surface area contributed by atoms with Gasteiger partial charge in [-0.25, -0.2) is 8.42 Å². The predicted molar refractivity (Wildman–Crippen MR) is 95.6 cm³/mol. The van der Waals surface area contributed by atoms with Crippen LogP contribution in [-0.4, -0.2) is 13.4 Å². The maximum absolute atomic E-state index is 12.7. The van der Waals surface area contributed by atoms with Crippen molar-refractivity contribution in [1.29, 1.82) is 0 Å². The second kappa shape index (κ2) is 5.65. The molecule has 24 heavy (non-hydrogen) atoms. The molecule has 0 fully saturated rings. The van der Waals surface area contributed by atoms with E-state index in [9.17, 15) is 8.42 Å². The summed E-state index contributed by atoms with van der Waals surface area (Å²) >= 11 is 0. The highest BCUT2D eigenvalue weighted by atomic mass is 32.2. The molecule has 0 radical (unpaired) electrons. The Morgan fingerprint density at radius 2 is 1.33 bits per heavy atom. The van der Waals surface area contributed by atoms with Gasteiger partial charge in [-0.2, -0.15) is 0 Å². The Bertz CT molecular complexity index is 1100. The van der Waals surface area contributed by atoms with E-state index in [0.717, 1.165) is 22.2 Å². The van der Waals surface area contributed by atoms with Crippen LogP contribution in [0.5, 0.6) is 0 Å². The first-order chi connectivity index (χ1) is 11.6. The lowest BCUT2D eigenvalue weighted by Gasteiger charge is -2.04. The first-order valence-electron chi connectivity index (χ1n) is 7.63. The number of aromatic nitrogens is 1. The van der Waals surface area contributed by atoms with Gasteiger partial charge in [0.25, 0.3) is 0 Å². The average molecular weight is 333 g/mol. The van der Waals surface area contributed by atoms with E-state index in [1.54, 1.807) is 42.5 Å². The highest BCUT2D eigenvalue weighted by Crippen LogP contribution is 2.28. The van der Waals surface area contributed by atoms with Crippen LogP contribution in [0.1, 0.15) is 0 Å². The van der Waals surface area contributed by atoms with Crippen LogP contribution in [0.2, 0.25) is 0 Å². The van der Waals surface area contributed by atoms with Crippen molar-refractivity contribution >= 4 is 20.7 Å². The number of nitrogens with one attached hydrogen (secondary N) is 1. The Balaban J connectivity index is 1.82. The molecule has 0 amide bonds. The van der Waals surface area contributed by atoms with E-state index in [0.29, 0.717) is 9.79 Å². The Kier molecular flexibility index (Phi) is 3.47. The van der Waals surface area contributed by atoms with Gasteiger partial charge in [0.15, 0.2) is 0 Å². The number of sulfone groups is 1. The zero-order chi connectivity index (χ0) is 16.6. The van der Waals surface area contributed by atoms with Crippen LogP contribution in [0.4, 0.5) is 0 Å². The number of hydrogen-bond acceptors (Lipinski definition) is 2. The highest BCUT2D eigenvalue weighted by Gasteiger charge is 2.18. The Morgan fingerprint density at radius 3 is 2.04 bits per heavy atom. The standard InChI is InChI=1S/C20H15NO2S/c22-24(23,17-9-5-2-6-10-17)18-11-12-19-16(13-18)14-20(21-19)15-7-3-1-4-8-15/h1-14,21H. The van der Waals surface area contributed by atoms with Crippen LogP contribution in [0.15, 0.2) is 94.7 Å². The summed E-state index contributed by atoms with van der Waals surface area (Å²) in [6.07, 6.45) is 0. The van der Waals surface area contributed by atoms with Crippen molar-refractivity contribution in [1.82, 2.24) is 4.98 Å². The van der Waals surface area contributed by atoms with Crippen LogP contribution in [0.3, 0.4) is 0 Å². The van der Waals surface area contributed by atoms with E-state index < -0.39 is 9.84 Å². The molecule has 3 aromatic carbocycles. The second-order valence-corrected chi connectivity index (χ2v) is 7.56. The van der Waals surface area contributed by atoms with Crippen molar-refractivity contribution in [3.8, 4) is 11.3 Å². The molecule has 0 unspecified atom stereocenters. The van der Waals surface area contributed by atoms with Gasteiger partial charge < -0.3 is 4.98 Å². The number of hydrogen-bond donors (Lipinski definition) is 1. The summed E-state index contributed by atoms with van der Waals surface area (Å²) in [7, 11) is -3.50. The fraction of sp³-hybridized carbons (Fsp3) is 0. The molecule has 4 aromatic rings. The van der Waals surface area contributed by atoms with Crippen molar-refractivity contribution in [3.05, 3.63) is 84.9 Å². The van der Waals surface area contributed by atoms with Gasteiger partial charge in [0.05, 0.1) is 9.79 Å². The monoisotopic (exact) mass is 333 g/mol. The topological polar surface area (TPSA) is 49.9 Å². The predicted octanol–water partition coefficient (Wildman–Crippen LogP) is 4.67. The molecule has 1 N–H and O–H groups in total. The molecule has 0 aliphatic rings. The number of benzene rings is 3. The molecule has 0 saturated heterocycles. The summed E-state index contributed by atoms with van der Waals surface area (Å²) in [4.78, 5) is 3.95. The summed E-state index contributed by atoms with van der Waals surface area (Å²) in [6, 6.07) is 25.6. The number of H-pyrrole nitrogens is 1. The van der Waals surface area contributed by atoms with E-state index in [4.69, 9.17) is 0 Å². The molecule has 4 rings (SSSR count). The molecule has 3 nitrogen and oxygen atoms in total. The van der Waals surface area contributed by atoms with Crippen LogP contribution < -0.4 is 0 Å². The van der Waals surface area contributed by atoms with Gasteiger partial charge in [-0.15, -0.1) is 0 Å². The lowest BCUT2D eigenvalue weighted by molar-refractivity contribution is 0.596. The summed E-state index contributed by atoms with van der Waals surface area (Å²) < 4.78 is 25.5. The molecule has 0 atom stereocenters. The maximum Gasteiger partial charge on any atom is 0.206 e. The largest absolute Gasteiger partial charge is 0.355 e. The van der Waals surface area contributed by atoms with E-state index in [2.05, 4.69) is 4.98 Å². The molecule has 0 spiro atoms. The minimum Gasteiger partial charge on any atom is -0.355 e. The molecule has 4 heteroatoms. The Labute approximate surface area is 140 Å². The molecule has 0 aliphatic carbocycles. The lowest BCUT2D eigenvalue weighted by atomic mass is 10.1. The van der Waals surface area contributed by atoms with Crippen LogP contribution in [0.25, 0.3) is 22.2 Å². The summed E-state index contributed by atoms with van der Waals surface area (Å²) in [5.74, 6) is 0. The smallest absolute Gasteiger partial charge is 0.206 e. The molecule has 0 aliphatic heterocycles. The normalized spacial score (nSPS) is 11.7. The van der Waals surface area contributed by atoms with Gasteiger partial charge in [-0.3, -0.25) is 0 Å². The van der Waals surface area contributed by atoms with Crippen LogP contribution in [-0.2, 0) is 9.84 Å². The van der Waals surface area contributed by atoms with Gasteiger partial charge in [0.2, 0.25) is 9.84 Å². The van der Waals surface area contributed by atoms with Crippen molar-refractivity contribution in [2.75, 3.05) is 0 Å². The van der Waals surface area contributed by atoms with Gasteiger partial charge in [-0.05, 0) is 42.0 Å². The van der Waals surface area contributed by atoms with Crippen LogP contribution >= 0.6 is 0 Å². The summed E-state index contributed by atoms with van der Waals surface area (Å²) in [5, 5.41) is 0.880. The molecule has 0 saturated carbocycles. The number of aromatic amines is 1. The van der Waals surface area contributed by atoms with E-state index in [-0.39, 0.29) is 0 Å². The molecule has 118 valence electrons. The van der Waals surface area contributed by atoms with E-state index in [1.165, 1.54) is 0 Å². The zero-order valence-electron chi connectivity index (χ0n) is 12.8. The summed E-state index contributed by atoms with van der Waals surface area (Å²) in [5.41, 5.74) is 2.96. The molecule has 0 bridgehead atoms. The minimum absolute atomic E-state index is 0.305. The Hall–Kier alpha value is -2.85. The first-order valence-corrected chi connectivity index (χ1v) is 9.11. The lowest BCUT2D eigenvalue weighted by Crippen LogP contribution is -2.01. The van der Waals surface area contributed by atoms with E-state index >= 15 is 0 Å². The van der Waals surface area contributed by atoms with Crippen molar-refractivity contribution in [2.24, 2.45) is 0 Å². The number of rotatable bonds is 3. The third-order valence-electron chi connectivity index (χ3n) is 4.04. The number of fused-ring (bicyclic) bond motifs is 1. The fourth-order valence-electron chi connectivity index (χ4n) is 2.79. The molecular weight excluding hydrogens is 318 g/mol. The Morgan fingerprint density at radius 1 is 0.667 bits per heavy atom. The average Bonchev–Trinajstić information content (AvgIpc) is 3.06. The van der Waals surface area contributed by atoms with Gasteiger partial charge in [0.1, 0.15) is 0 Å². The van der Waals surface area contributed by atoms with Crippen LogP contribution in [0, 0.1) is 0 Å². The SMILES string of the molecule is O=S(=O)(c1ccccc1)c1ccc2[nH]c(-c3ccccc3)cc2c1. The van der Waals surface area contributed by atoms with E-state index in [1.807, 2.05) is 42.5 Å². The summed E-state index contributed by atoms with van der Waals surface area (Å²) in [6.45, 7) is 0. The quantitative estimate of drug-likeness (QED) is 0.592. The van der Waals surface area contributed by atoms with Gasteiger partial charge in [0, 0.05) is 16.6 Å². The first kappa shape index (κ1) is 14.7. The highest BCUT2D eigenvalue weighted by molar-refractivity contribution is 7.91. The third-order valence-corrected chi connectivity index (χ3v) is 5.81. The third kappa shape index (κ3) is 2.51. The maximum atomic E-state index is 12.7. The molecular formula is C20H15NO2S.